The fraction of sp³-hybridized carbons (Fsp3) is 0.667. The van der Waals surface area contributed by atoms with Crippen molar-refractivity contribution in [3.05, 3.63) is 29.8 Å². The molecular weight excluding hydrogens is 346 g/mol. The first-order valence-electron chi connectivity index (χ1n) is 11.2. The van der Waals surface area contributed by atoms with Crippen molar-refractivity contribution in [2.45, 2.75) is 72.1 Å². The highest BCUT2D eigenvalue weighted by molar-refractivity contribution is 6.10. The van der Waals surface area contributed by atoms with Gasteiger partial charge in [0, 0.05) is 11.5 Å². The largest absolute Gasteiger partial charge is 0.339 e. The van der Waals surface area contributed by atoms with Gasteiger partial charge in [-0.05, 0) is 67.8 Å². The number of carbonyl (C=O) groups is 1. The summed E-state index contributed by atoms with van der Waals surface area (Å²) >= 11 is 0. The SMILES string of the molecule is CC(C)(C)C1CCC(C2CCCC(C3=NNC(=O)Nc4ccccc43)C2)CC1. The van der Waals surface area contributed by atoms with E-state index in [1.54, 1.807) is 0 Å². The Morgan fingerprint density at radius 1 is 0.964 bits per heavy atom. The van der Waals surface area contributed by atoms with Gasteiger partial charge in [-0.25, -0.2) is 10.2 Å². The van der Waals surface area contributed by atoms with E-state index < -0.39 is 0 Å². The Bertz CT molecular complexity index is 740. The molecular formula is C24H35N3O. The first-order valence-corrected chi connectivity index (χ1v) is 11.2. The van der Waals surface area contributed by atoms with Gasteiger partial charge >= 0.3 is 6.03 Å². The van der Waals surface area contributed by atoms with Gasteiger partial charge in [0.1, 0.15) is 0 Å². The molecule has 2 fully saturated rings. The highest BCUT2D eigenvalue weighted by atomic mass is 16.2. The second-order valence-corrected chi connectivity index (χ2v) is 10.2. The highest BCUT2D eigenvalue weighted by Crippen LogP contribution is 2.46. The minimum absolute atomic E-state index is 0.240. The molecule has 28 heavy (non-hydrogen) atoms. The molecule has 1 heterocycles. The molecule has 2 aliphatic carbocycles. The highest BCUT2D eigenvalue weighted by Gasteiger charge is 2.36. The molecule has 2 amide bonds. The lowest BCUT2D eigenvalue weighted by molar-refractivity contribution is 0.105. The van der Waals surface area contributed by atoms with Gasteiger partial charge in [-0.3, -0.25) is 0 Å². The van der Waals surface area contributed by atoms with Gasteiger partial charge in [0.25, 0.3) is 0 Å². The van der Waals surface area contributed by atoms with Crippen molar-refractivity contribution in [1.82, 2.24) is 5.43 Å². The van der Waals surface area contributed by atoms with E-state index in [1.807, 2.05) is 18.2 Å². The zero-order valence-corrected chi connectivity index (χ0v) is 17.6. The van der Waals surface area contributed by atoms with E-state index in [0.717, 1.165) is 34.7 Å². The van der Waals surface area contributed by atoms with E-state index in [2.05, 4.69) is 42.7 Å². The maximum atomic E-state index is 12.0. The normalized spacial score (nSPS) is 31.1. The molecule has 2 N–H and O–H groups in total. The summed E-state index contributed by atoms with van der Waals surface area (Å²) in [6.45, 7) is 7.20. The average Bonchev–Trinajstić information content (AvgIpc) is 2.86. The van der Waals surface area contributed by atoms with Crippen molar-refractivity contribution in [1.29, 1.82) is 0 Å². The molecule has 0 saturated heterocycles. The molecule has 1 aromatic carbocycles. The van der Waals surface area contributed by atoms with E-state index >= 15 is 0 Å². The number of carbonyl (C=O) groups excluding carboxylic acids is 1. The van der Waals surface area contributed by atoms with Crippen LogP contribution < -0.4 is 10.7 Å². The Hall–Kier alpha value is -1.84. The minimum Gasteiger partial charge on any atom is -0.306 e. The van der Waals surface area contributed by atoms with Crippen LogP contribution in [-0.4, -0.2) is 11.7 Å². The number of hydrogen-bond acceptors (Lipinski definition) is 2. The summed E-state index contributed by atoms with van der Waals surface area (Å²) in [5.41, 5.74) is 6.18. The summed E-state index contributed by atoms with van der Waals surface area (Å²) in [6, 6.07) is 7.85. The van der Waals surface area contributed by atoms with Crippen LogP contribution in [0.3, 0.4) is 0 Å². The van der Waals surface area contributed by atoms with E-state index in [-0.39, 0.29) is 6.03 Å². The second-order valence-electron chi connectivity index (χ2n) is 10.2. The van der Waals surface area contributed by atoms with Crippen LogP contribution in [0.4, 0.5) is 10.5 Å². The molecule has 1 aliphatic heterocycles. The maximum Gasteiger partial charge on any atom is 0.339 e. The molecule has 0 radical (unpaired) electrons. The van der Waals surface area contributed by atoms with Gasteiger partial charge in [-0.15, -0.1) is 0 Å². The van der Waals surface area contributed by atoms with Gasteiger partial charge in [0.2, 0.25) is 0 Å². The third-order valence-electron chi connectivity index (χ3n) is 7.49. The Balaban J connectivity index is 1.47. The quantitative estimate of drug-likeness (QED) is 0.631. The summed E-state index contributed by atoms with van der Waals surface area (Å²) in [5, 5.41) is 7.47. The van der Waals surface area contributed by atoms with Crippen molar-refractivity contribution in [3.63, 3.8) is 0 Å². The molecule has 0 spiro atoms. The van der Waals surface area contributed by atoms with Crippen LogP contribution in [0.1, 0.15) is 77.7 Å². The smallest absolute Gasteiger partial charge is 0.306 e. The lowest BCUT2D eigenvalue weighted by atomic mass is 9.64. The molecule has 2 saturated carbocycles. The van der Waals surface area contributed by atoms with E-state index in [0.29, 0.717) is 11.3 Å². The standard InChI is InChI=1S/C24H35N3O/c1-24(2,3)19-13-11-16(12-14-19)17-7-6-8-18(15-17)22-20-9-4-5-10-21(20)25-23(28)27-26-22/h4-5,9-10,16-19H,6-8,11-15H2,1-3H3,(H2,25,27,28). The molecule has 4 nitrogen and oxygen atoms in total. The number of fused-ring (bicyclic) bond motifs is 1. The lowest BCUT2D eigenvalue weighted by Crippen LogP contribution is -2.32. The number of nitrogens with zero attached hydrogens (tertiary/aromatic N) is 1. The number of rotatable bonds is 2. The van der Waals surface area contributed by atoms with Crippen molar-refractivity contribution < 1.29 is 4.79 Å². The average molecular weight is 382 g/mol. The van der Waals surface area contributed by atoms with Crippen LogP contribution in [-0.2, 0) is 0 Å². The molecule has 4 rings (SSSR count). The number of hydrogen-bond donors (Lipinski definition) is 2. The first-order chi connectivity index (χ1) is 13.4. The molecule has 152 valence electrons. The number of para-hydroxylation sites is 1. The second kappa shape index (κ2) is 7.88. The van der Waals surface area contributed by atoms with Crippen LogP contribution >= 0.6 is 0 Å². The predicted octanol–water partition coefficient (Wildman–Crippen LogP) is 6.18. The van der Waals surface area contributed by atoms with Crippen LogP contribution in [0.15, 0.2) is 29.4 Å². The summed E-state index contributed by atoms with van der Waals surface area (Å²) in [4.78, 5) is 12.0. The number of benzene rings is 1. The van der Waals surface area contributed by atoms with Crippen LogP contribution in [0.2, 0.25) is 0 Å². The van der Waals surface area contributed by atoms with E-state index in [9.17, 15) is 4.79 Å². The molecule has 2 unspecified atom stereocenters. The fourth-order valence-corrected chi connectivity index (χ4v) is 5.81. The molecule has 2 atom stereocenters. The minimum atomic E-state index is -0.240. The van der Waals surface area contributed by atoms with Gasteiger partial charge in [0.05, 0.1) is 11.4 Å². The number of urea groups is 1. The summed E-state index contributed by atoms with van der Waals surface area (Å²) in [5.74, 6) is 3.00. The van der Waals surface area contributed by atoms with Crippen LogP contribution in [0, 0.1) is 29.1 Å². The van der Waals surface area contributed by atoms with Crippen molar-refractivity contribution in [2.75, 3.05) is 5.32 Å². The van der Waals surface area contributed by atoms with Gasteiger partial charge in [-0.2, -0.15) is 5.10 Å². The first kappa shape index (κ1) is 19.5. The summed E-state index contributed by atoms with van der Waals surface area (Å²) in [7, 11) is 0. The monoisotopic (exact) mass is 381 g/mol. The predicted molar refractivity (Wildman–Crippen MR) is 115 cm³/mol. The fourth-order valence-electron chi connectivity index (χ4n) is 5.81. The Morgan fingerprint density at radius 2 is 1.71 bits per heavy atom. The molecule has 3 aliphatic rings. The maximum absolute atomic E-state index is 12.0. The zero-order chi connectivity index (χ0) is 19.7. The molecule has 0 bridgehead atoms. The van der Waals surface area contributed by atoms with Crippen molar-refractivity contribution >= 4 is 17.4 Å². The zero-order valence-electron chi connectivity index (χ0n) is 17.6. The topological polar surface area (TPSA) is 53.5 Å². The van der Waals surface area contributed by atoms with Gasteiger partial charge < -0.3 is 5.32 Å². The number of amides is 2. The Kier molecular flexibility index (Phi) is 5.48. The van der Waals surface area contributed by atoms with E-state index in [4.69, 9.17) is 0 Å². The number of anilines is 1. The number of nitrogens with one attached hydrogen (secondary N) is 2. The third-order valence-corrected chi connectivity index (χ3v) is 7.49. The number of hydrazone groups is 1. The van der Waals surface area contributed by atoms with Gasteiger partial charge in [0.15, 0.2) is 0 Å². The van der Waals surface area contributed by atoms with Crippen LogP contribution in [0.25, 0.3) is 0 Å². The van der Waals surface area contributed by atoms with E-state index in [1.165, 1.54) is 51.4 Å². The summed E-state index contributed by atoms with van der Waals surface area (Å²) < 4.78 is 0. The summed E-state index contributed by atoms with van der Waals surface area (Å²) in [6.07, 6.45) is 10.6. The third kappa shape index (κ3) is 4.11. The molecule has 4 heteroatoms. The van der Waals surface area contributed by atoms with Crippen molar-refractivity contribution in [3.8, 4) is 0 Å². The Morgan fingerprint density at radius 3 is 2.46 bits per heavy atom. The molecule has 1 aromatic rings. The van der Waals surface area contributed by atoms with Crippen LogP contribution in [0.5, 0.6) is 0 Å². The van der Waals surface area contributed by atoms with Crippen molar-refractivity contribution in [2.24, 2.45) is 34.2 Å². The lowest BCUT2D eigenvalue weighted by Gasteiger charge is -2.42. The Labute approximate surface area is 169 Å². The molecule has 0 aromatic heterocycles. The van der Waals surface area contributed by atoms with Gasteiger partial charge in [-0.1, -0.05) is 51.8 Å².